The summed E-state index contributed by atoms with van der Waals surface area (Å²) in [5.41, 5.74) is 1.45. The van der Waals surface area contributed by atoms with Crippen LogP contribution in [0.1, 0.15) is 37.2 Å². The fraction of sp³-hybridized carbons (Fsp3) is 0.462. The van der Waals surface area contributed by atoms with Crippen molar-refractivity contribution in [2.24, 2.45) is 0 Å². The van der Waals surface area contributed by atoms with Crippen LogP contribution in [0.15, 0.2) is 30.3 Å². The summed E-state index contributed by atoms with van der Waals surface area (Å²) in [5, 5.41) is 2.88. The van der Waals surface area contributed by atoms with Crippen molar-refractivity contribution in [1.82, 2.24) is 5.32 Å². The highest BCUT2D eigenvalue weighted by molar-refractivity contribution is 5.46. The molecule has 15 heavy (non-hydrogen) atoms. The highest BCUT2D eigenvalue weighted by Crippen LogP contribution is 2.32. The van der Waals surface area contributed by atoms with Crippen LogP contribution in [0.25, 0.3) is 0 Å². The van der Waals surface area contributed by atoms with Crippen molar-refractivity contribution in [3.63, 3.8) is 0 Å². The predicted molar refractivity (Wildman–Crippen MR) is 60.6 cm³/mol. The summed E-state index contributed by atoms with van der Waals surface area (Å²) >= 11 is 0. The summed E-state index contributed by atoms with van der Waals surface area (Å²) in [7, 11) is 0. The molecule has 2 rings (SSSR count). The normalized spacial score (nSPS) is 25.9. The van der Waals surface area contributed by atoms with Gasteiger partial charge in [-0.1, -0.05) is 30.3 Å². The molecule has 1 aromatic rings. The van der Waals surface area contributed by atoms with Crippen LogP contribution in [0.5, 0.6) is 0 Å². The zero-order valence-corrected chi connectivity index (χ0v) is 8.86. The zero-order valence-electron chi connectivity index (χ0n) is 8.86. The quantitative estimate of drug-likeness (QED) is 0.751. The molecule has 1 saturated carbocycles. The summed E-state index contributed by atoms with van der Waals surface area (Å²) in [6.07, 6.45) is 5.43. The summed E-state index contributed by atoms with van der Waals surface area (Å²) in [4.78, 5) is 10.3. The van der Waals surface area contributed by atoms with Gasteiger partial charge in [0.05, 0.1) is 0 Å². The molecule has 1 aliphatic rings. The predicted octanol–water partition coefficient (Wildman–Crippen LogP) is 2.46. The van der Waals surface area contributed by atoms with E-state index in [1.165, 1.54) is 18.4 Å². The minimum absolute atomic E-state index is 0.405. The molecule has 0 aromatic heterocycles. The van der Waals surface area contributed by atoms with Crippen LogP contribution in [0.3, 0.4) is 0 Å². The van der Waals surface area contributed by atoms with Gasteiger partial charge in [0.15, 0.2) is 0 Å². The lowest BCUT2D eigenvalue weighted by molar-refractivity contribution is -0.110. The van der Waals surface area contributed by atoms with Crippen molar-refractivity contribution in [2.75, 3.05) is 0 Å². The van der Waals surface area contributed by atoms with Gasteiger partial charge in [-0.25, -0.2) is 0 Å². The first-order valence-corrected chi connectivity index (χ1v) is 5.65. The number of hydrogen-bond acceptors (Lipinski definition) is 1. The van der Waals surface area contributed by atoms with Gasteiger partial charge in [0, 0.05) is 6.04 Å². The highest BCUT2D eigenvalue weighted by atomic mass is 16.1. The van der Waals surface area contributed by atoms with Crippen molar-refractivity contribution in [3.8, 4) is 0 Å². The van der Waals surface area contributed by atoms with E-state index in [4.69, 9.17) is 0 Å². The largest absolute Gasteiger partial charge is 0.356 e. The standard InChI is InChI=1S/C13H17NO/c15-10-14-13-8-6-12(7-9-13)11-4-2-1-3-5-11/h1-5,10,12-13H,6-9H2,(H,14,15)/t12-,13+. The Morgan fingerprint density at radius 1 is 1.07 bits per heavy atom. The molecule has 0 spiro atoms. The molecule has 0 bridgehead atoms. The third-order valence-electron chi connectivity index (χ3n) is 3.30. The molecule has 0 atom stereocenters. The summed E-state index contributed by atoms with van der Waals surface area (Å²) < 4.78 is 0. The third-order valence-corrected chi connectivity index (χ3v) is 3.30. The molecule has 1 amide bonds. The van der Waals surface area contributed by atoms with Gasteiger partial charge in [0.1, 0.15) is 0 Å². The van der Waals surface area contributed by atoms with Crippen molar-refractivity contribution < 1.29 is 4.79 Å². The number of nitrogens with one attached hydrogen (secondary N) is 1. The minimum Gasteiger partial charge on any atom is -0.356 e. The maximum absolute atomic E-state index is 10.3. The Morgan fingerprint density at radius 2 is 1.73 bits per heavy atom. The topological polar surface area (TPSA) is 29.1 Å². The van der Waals surface area contributed by atoms with Gasteiger partial charge in [-0.3, -0.25) is 4.79 Å². The lowest BCUT2D eigenvalue weighted by atomic mass is 9.82. The van der Waals surface area contributed by atoms with E-state index in [0.717, 1.165) is 19.3 Å². The molecule has 0 radical (unpaired) electrons. The minimum atomic E-state index is 0.405. The Labute approximate surface area is 90.7 Å². The van der Waals surface area contributed by atoms with Crippen molar-refractivity contribution in [1.29, 1.82) is 0 Å². The fourth-order valence-electron chi connectivity index (χ4n) is 2.41. The van der Waals surface area contributed by atoms with Crippen molar-refractivity contribution in [2.45, 2.75) is 37.6 Å². The molecule has 80 valence electrons. The molecule has 1 aromatic carbocycles. The average molecular weight is 203 g/mol. The van der Waals surface area contributed by atoms with E-state index in [-0.39, 0.29) is 0 Å². The second-order valence-electron chi connectivity index (χ2n) is 4.24. The summed E-state index contributed by atoms with van der Waals surface area (Å²) in [6, 6.07) is 11.1. The molecule has 0 aliphatic heterocycles. The molecule has 0 heterocycles. The van der Waals surface area contributed by atoms with Gasteiger partial charge in [0.2, 0.25) is 6.41 Å². The lowest BCUT2D eigenvalue weighted by Crippen LogP contribution is -2.31. The third kappa shape index (κ3) is 2.58. The second kappa shape index (κ2) is 4.96. The van der Waals surface area contributed by atoms with E-state index in [0.29, 0.717) is 12.0 Å². The molecule has 0 saturated heterocycles. The van der Waals surface area contributed by atoms with Gasteiger partial charge in [-0.2, -0.15) is 0 Å². The van der Waals surface area contributed by atoms with Gasteiger partial charge < -0.3 is 5.32 Å². The lowest BCUT2D eigenvalue weighted by Gasteiger charge is -2.28. The molecule has 1 aliphatic carbocycles. The molecular weight excluding hydrogens is 186 g/mol. The maximum atomic E-state index is 10.3. The van der Waals surface area contributed by atoms with Crippen LogP contribution >= 0.6 is 0 Å². The summed E-state index contributed by atoms with van der Waals surface area (Å²) in [6.45, 7) is 0. The molecule has 1 N–H and O–H groups in total. The number of carbonyl (C=O) groups is 1. The highest BCUT2D eigenvalue weighted by Gasteiger charge is 2.21. The van der Waals surface area contributed by atoms with Gasteiger partial charge in [-0.05, 0) is 37.2 Å². The van der Waals surface area contributed by atoms with E-state index in [1.807, 2.05) is 0 Å². The van der Waals surface area contributed by atoms with Crippen LogP contribution in [0.4, 0.5) is 0 Å². The Hall–Kier alpha value is -1.31. The van der Waals surface area contributed by atoms with Crippen LogP contribution in [0, 0.1) is 0 Å². The molecule has 1 fully saturated rings. The molecule has 2 nitrogen and oxygen atoms in total. The Morgan fingerprint density at radius 3 is 2.33 bits per heavy atom. The SMILES string of the molecule is O=CN[C@H]1CC[C@@H](c2ccccc2)CC1. The van der Waals surface area contributed by atoms with E-state index >= 15 is 0 Å². The number of carbonyl (C=O) groups excluding carboxylic acids is 1. The van der Waals surface area contributed by atoms with Crippen LogP contribution in [-0.2, 0) is 4.79 Å². The second-order valence-corrected chi connectivity index (χ2v) is 4.24. The smallest absolute Gasteiger partial charge is 0.207 e. The van der Waals surface area contributed by atoms with Crippen molar-refractivity contribution >= 4 is 6.41 Å². The van der Waals surface area contributed by atoms with E-state index < -0.39 is 0 Å². The molecule has 2 heteroatoms. The Balaban J connectivity index is 1.91. The summed E-state index contributed by atoms with van der Waals surface area (Å²) in [5.74, 6) is 0.691. The zero-order chi connectivity index (χ0) is 10.5. The van der Waals surface area contributed by atoms with Crippen LogP contribution in [0.2, 0.25) is 0 Å². The number of benzene rings is 1. The van der Waals surface area contributed by atoms with Gasteiger partial charge >= 0.3 is 0 Å². The van der Waals surface area contributed by atoms with E-state index in [2.05, 4.69) is 35.6 Å². The average Bonchev–Trinajstić information content (AvgIpc) is 2.32. The number of hydrogen-bond donors (Lipinski definition) is 1. The first kappa shape index (κ1) is 10.2. The molecule has 0 unspecified atom stereocenters. The first-order valence-electron chi connectivity index (χ1n) is 5.65. The van der Waals surface area contributed by atoms with Gasteiger partial charge in [0.25, 0.3) is 0 Å². The molecular formula is C13H17NO. The Kier molecular flexibility index (Phi) is 3.38. The van der Waals surface area contributed by atoms with Crippen molar-refractivity contribution in [3.05, 3.63) is 35.9 Å². The van der Waals surface area contributed by atoms with E-state index in [1.54, 1.807) is 0 Å². The Bertz CT molecular complexity index is 302. The van der Waals surface area contributed by atoms with Gasteiger partial charge in [-0.15, -0.1) is 0 Å². The van der Waals surface area contributed by atoms with Crippen LogP contribution in [-0.4, -0.2) is 12.5 Å². The fourth-order valence-corrected chi connectivity index (χ4v) is 2.41. The maximum Gasteiger partial charge on any atom is 0.207 e. The monoisotopic (exact) mass is 203 g/mol. The number of amides is 1. The number of rotatable bonds is 3. The van der Waals surface area contributed by atoms with Crippen LogP contribution < -0.4 is 5.32 Å². The first-order chi connectivity index (χ1) is 7.40. The van der Waals surface area contributed by atoms with E-state index in [9.17, 15) is 4.79 Å².